The maximum Gasteiger partial charge on any atom is 0.331 e. The van der Waals surface area contributed by atoms with E-state index in [4.69, 9.17) is 0 Å². The Hall–Kier alpha value is -2.15. The van der Waals surface area contributed by atoms with E-state index in [1.165, 1.54) is 4.90 Å². The van der Waals surface area contributed by atoms with Crippen molar-refractivity contribution in [3.63, 3.8) is 0 Å². The van der Waals surface area contributed by atoms with Crippen LogP contribution in [-0.2, 0) is 18.3 Å². The molecule has 0 spiro atoms. The maximum atomic E-state index is 12.7. The third-order valence-corrected chi connectivity index (χ3v) is 4.70. The van der Waals surface area contributed by atoms with Crippen LogP contribution >= 0.6 is 11.3 Å². The minimum Gasteiger partial charge on any atom is -0.479 e. The van der Waals surface area contributed by atoms with Gasteiger partial charge in [0.1, 0.15) is 0 Å². The van der Waals surface area contributed by atoms with Crippen LogP contribution in [0.15, 0.2) is 17.6 Å². The van der Waals surface area contributed by atoms with Crippen LogP contribution in [0.2, 0.25) is 0 Å². The third-order valence-electron chi connectivity index (χ3n) is 3.70. The third kappa shape index (κ3) is 2.23. The van der Waals surface area contributed by atoms with Crippen molar-refractivity contribution in [2.45, 2.75) is 19.4 Å². The molecule has 0 saturated carbocycles. The quantitative estimate of drug-likeness (QED) is 0.914. The monoisotopic (exact) mass is 305 g/mol. The Labute approximate surface area is 125 Å². The number of carboxylic acid groups (broad SMARTS) is 1. The average Bonchev–Trinajstić information content (AvgIpc) is 3.02. The number of carbonyl (C=O) groups is 2. The summed E-state index contributed by atoms with van der Waals surface area (Å²) in [7, 11) is 1.74. The van der Waals surface area contributed by atoms with Gasteiger partial charge in [-0.3, -0.25) is 9.48 Å². The molecule has 110 valence electrons. The molecule has 7 heteroatoms. The molecule has 0 bridgehead atoms. The molecule has 1 amide bonds. The van der Waals surface area contributed by atoms with E-state index in [1.54, 1.807) is 42.3 Å². The number of carboxylic acids is 1. The van der Waals surface area contributed by atoms with E-state index in [0.29, 0.717) is 24.2 Å². The summed E-state index contributed by atoms with van der Waals surface area (Å²) < 4.78 is 1.57. The number of aliphatic carboxylic acids is 1. The molecule has 0 aromatic carbocycles. The van der Waals surface area contributed by atoms with Crippen LogP contribution in [0.1, 0.15) is 32.5 Å². The van der Waals surface area contributed by atoms with Crippen molar-refractivity contribution >= 4 is 23.2 Å². The number of fused-ring (bicyclic) bond motifs is 1. The molecule has 21 heavy (non-hydrogen) atoms. The van der Waals surface area contributed by atoms with Gasteiger partial charge in [0.05, 0.1) is 11.3 Å². The molecule has 2 aromatic heterocycles. The highest BCUT2D eigenvalue weighted by molar-refractivity contribution is 7.10. The van der Waals surface area contributed by atoms with Gasteiger partial charge in [-0.05, 0) is 30.4 Å². The van der Waals surface area contributed by atoms with Gasteiger partial charge in [-0.25, -0.2) is 4.79 Å². The molecule has 1 N–H and O–H groups in total. The van der Waals surface area contributed by atoms with Gasteiger partial charge in [0.15, 0.2) is 6.04 Å². The lowest BCUT2D eigenvalue weighted by Crippen LogP contribution is -2.43. The van der Waals surface area contributed by atoms with Crippen LogP contribution in [0.25, 0.3) is 0 Å². The second kappa shape index (κ2) is 5.00. The van der Waals surface area contributed by atoms with Crippen molar-refractivity contribution in [3.05, 3.63) is 39.3 Å². The smallest absolute Gasteiger partial charge is 0.331 e. The van der Waals surface area contributed by atoms with Crippen molar-refractivity contribution < 1.29 is 14.7 Å². The lowest BCUT2D eigenvalue weighted by atomic mass is 9.99. The van der Waals surface area contributed by atoms with E-state index in [1.807, 2.05) is 5.38 Å². The molecule has 1 aliphatic heterocycles. The van der Waals surface area contributed by atoms with Gasteiger partial charge in [-0.15, -0.1) is 11.3 Å². The Morgan fingerprint density at radius 1 is 1.48 bits per heavy atom. The Bertz CT molecular complexity index is 719. The predicted molar refractivity (Wildman–Crippen MR) is 77.4 cm³/mol. The number of aromatic nitrogens is 2. The summed E-state index contributed by atoms with van der Waals surface area (Å²) in [4.78, 5) is 26.8. The van der Waals surface area contributed by atoms with Crippen LogP contribution in [0, 0.1) is 6.92 Å². The summed E-state index contributed by atoms with van der Waals surface area (Å²) in [6.45, 7) is 2.17. The normalized spacial score (nSPS) is 17.6. The Kier molecular flexibility index (Phi) is 3.29. The largest absolute Gasteiger partial charge is 0.479 e. The highest BCUT2D eigenvalue weighted by atomic mass is 32.1. The molecule has 0 saturated heterocycles. The van der Waals surface area contributed by atoms with Crippen LogP contribution < -0.4 is 0 Å². The van der Waals surface area contributed by atoms with Gasteiger partial charge >= 0.3 is 5.97 Å². The van der Waals surface area contributed by atoms with E-state index < -0.39 is 12.0 Å². The number of hydrogen-bond donors (Lipinski definition) is 1. The summed E-state index contributed by atoms with van der Waals surface area (Å²) in [6.07, 6.45) is 2.33. The van der Waals surface area contributed by atoms with E-state index in [9.17, 15) is 14.7 Å². The fourth-order valence-electron chi connectivity index (χ4n) is 2.77. The molecule has 0 aliphatic carbocycles. The van der Waals surface area contributed by atoms with Crippen LogP contribution in [0.5, 0.6) is 0 Å². The van der Waals surface area contributed by atoms with Crippen LogP contribution in [0.4, 0.5) is 0 Å². The summed E-state index contributed by atoms with van der Waals surface area (Å²) in [5.74, 6) is -1.27. The van der Waals surface area contributed by atoms with E-state index in [-0.39, 0.29) is 5.91 Å². The second-order valence-electron chi connectivity index (χ2n) is 5.09. The van der Waals surface area contributed by atoms with Crippen LogP contribution in [0.3, 0.4) is 0 Å². The molecular weight excluding hydrogens is 290 g/mol. The maximum absolute atomic E-state index is 12.7. The molecule has 2 aromatic rings. The zero-order chi connectivity index (χ0) is 15.1. The number of amides is 1. The number of rotatable bonds is 2. The summed E-state index contributed by atoms with van der Waals surface area (Å²) >= 11 is 1.55. The Morgan fingerprint density at radius 3 is 2.86 bits per heavy atom. The van der Waals surface area contributed by atoms with Gasteiger partial charge in [0, 0.05) is 24.7 Å². The molecule has 3 rings (SSSR count). The van der Waals surface area contributed by atoms with Gasteiger partial charge in [0.2, 0.25) is 0 Å². The molecule has 1 aliphatic rings. The SMILES string of the molecule is Cc1nn(C)cc1C(=O)N1CCc2sccc2C1C(=O)O. The summed E-state index contributed by atoms with van der Waals surface area (Å²) in [5.41, 5.74) is 1.80. The molecule has 1 atom stereocenters. The minimum atomic E-state index is -0.996. The Balaban J connectivity index is 2.00. The number of carbonyl (C=O) groups excluding carboxylic acids is 1. The topological polar surface area (TPSA) is 75.4 Å². The lowest BCUT2D eigenvalue weighted by molar-refractivity contribution is -0.142. The number of hydrogen-bond acceptors (Lipinski definition) is 4. The molecule has 1 unspecified atom stereocenters. The van der Waals surface area contributed by atoms with E-state index in [2.05, 4.69) is 5.10 Å². The van der Waals surface area contributed by atoms with Crippen molar-refractivity contribution in [2.75, 3.05) is 6.54 Å². The first-order chi connectivity index (χ1) is 9.99. The van der Waals surface area contributed by atoms with Gasteiger partial charge in [-0.2, -0.15) is 5.10 Å². The molecule has 0 fully saturated rings. The Morgan fingerprint density at radius 2 is 2.24 bits per heavy atom. The fourth-order valence-corrected chi connectivity index (χ4v) is 3.67. The van der Waals surface area contributed by atoms with Crippen molar-refractivity contribution in [1.82, 2.24) is 14.7 Å². The predicted octanol–water partition coefficient (Wildman–Crippen LogP) is 1.61. The van der Waals surface area contributed by atoms with Crippen LogP contribution in [-0.4, -0.2) is 38.2 Å². The number of aryl methyl sites for hydroxylation is 2. The number of thiophene rings is 1. The van der Waals surface area contributed by atoms with Gasteiger partial charge in [0.25, 0.3) is 5.91 Å². The first-order valence-electron chi connectivity index (χ1n) is 6.59. The number of nitrogens with zero attached hydrogens (tertiary/aromatic N) is 3. The van der Waals surface area contributed by atoms with E-state index >= 15 is 0 Å². The summed E-state index contributed by atoms with van der Waals surface area (Å²) in [5, 5.41) is 15.6. The minimum absolute atomic E-state index is 0.273. The lowest BCUT2D eigenvalue weighted by Gasteiger charge is -2.33. The highest BCUT2D eigenvalue weighted by Crippen LogP contribution is 2.34. The zero-order valence-corrected chi connectivity index (χ0v) is 12.6. The molecule has 6 nitrogen and oxygen atoms in total. The van der Waals surface area contributed by atoms with Crippen molar-refractivity contribution in [2.24, 2.45) is 7.05 Å². The molecule has 3 heterocycles. The van der Waals surface area contributed by atoms with Gasteiger partial charge in [-0.1, -0.05) is 0 Å². The highest BCUT2D eigenvalue weighted by Gasteiger charge is 2.37. The first kappa shape index (κ1) is 13.8. The molecule has 0 radical (unpaired) electrons. The second-order valence-corrected chi connectivity index (χ2v) is 6.09. The van der Waals surface area contributed by atoms with Gasteiger partial charge < -0.3 is 10.0 Å². The summed E-state index contributed by atoms with van der Waals surface area (Å²) in [6, 6.07) is 0.890. The van der Waals surface area contributed by atoms with Crippen molar-refractivity contribution in [1.29, 1.82) is 0 Å². The van der Waals surface area contributed by atoms with E-state index in [0.717, 1.165) is 10.4 Å². The average molecular weight is 305 g/mol. The molecular formula is C14H15N3O3S. The zero-order valence-electron chi connectivity index (χ0n) is 11.7. The first-order valence-corrected chi connectivity index (χ1v) is 7.47. The van der Waals surface area contributed by atoms with Crippen molar-refractivity contribution in [3.8, 4) is 0 Å². The standard InChI is InChI=1S/C14H15N3O3S/c1-8-10(7-16(2)15-8)13(18)17-5-3-11-9(4-6-21-11)12(17)14(19)20/h4,6-7,12H,3,5H2,1-2H3,(H,19,20). The fraction of sp³-hybridized carbons (Fsp3) is 0.357.